The van der Waals surface area contributed by atoms with Crippen LogP contribution in [0.2, 0.25) is 0 Å². The third-order valence-corrected chi connectivity index (χ3v) is 4.18. The third-order valence-electron chi connectivity index (χ3n) is 3.32. The number of hydrogen-bond acceptors (Lipinski definition) is 3. The molecule has 3 nitrogen and oxygen atoms in total. The van der Waals surface area contributed by atoms with E-state index in [0.717, 1.165) is 17.8 Å². The molecule has 0 aliphatic rings. The van der Waals surface area contributed by atoms with Crippen molar-refractivity contribution in [2.45, 2.75) is 33.4 Å². The number of rotatable bonds is 6. The van der Waals surface area contributed by atoms with Crippen LogP contribution in [0.25, 0.3) is 0 Å². The van der Waals surface area contributed by atoms with Crippen molar-refractivity contribution in [3.63, 3.8) is 0 Å². The molecule has 0 saturated heterocycles. The monoisotopic (exact) mass is 302 g/mol. The van der Waals surface area contributed by atoms with Gasteiger partial charge in [0.1, 0.15) is 0 Å². The highest BCUT2D eigenvalue weighted by molar-refractivity contribution is 7.09. The standard InChI is InChI=1S/C17H22N2OS/c1-4-18-16-10-6-5-9-15(16)17(20)19(13(2)3)12-14-8-7-11-21-14/h5-11,13,18H,4,12H2,1-3H3. The molecular weight excluding hydrogens is 280 g/mol. The van der Waals surface area contributed by atoms with Crippen LogP contribution >= 0.6 is 11.3 Å². The SMILES string of the molecule is CCNc1ccccc1C(=O)N(Cc1cccs1)C(C)C. The molecule has 0 bridgehead atoms. The van der Waals surface area contributed by atoms with E-state index >= 15 is 0 Å². The molecule has 0 atom stereocenters. The lowest BCUT2D eigenvalue weighted by molar-refractivity contribution is 0.0693. The van der Waals surface area contributed by atoms with E-state index in [4.69, 9.17) is 0 Å². The summed E-state index contributed by atoms with van der Waals surface area (Å²) in [5.74, 6) is 0.0787. The van der Waals surface area contributed by atoms with Crippen molar-refractivity contribution in [3.05, 3.63) is 52.2 Å². The molecule has 1 N–H and O–H groups in total. The number of thiophene rings is 1. The highest BCUT2D eigenvalue weighted by Crippen LogP contribution is 2.21. The van der Waals surface area contributed by atoms with E-state index in [1.54, 1.807) is 11.3 Å². The molecule has 1 heterocycles. The van der Waals surface area contributed by atoms with Crippen molar-refractivity contribution >= 4 is 22.9 Å². The van der Waals surface area contributed by atoms with E-state index in [1.165, 1.54) is 4.88 Å². The molecule has 1 aromatic heterocycles. The van der Waals surface area contributed by atoms with Crippen LogP contribution in [0.5, 0.6) is 0 Å². The molecular formula is C17H22N2OS. The van der Waals surface area contributed by atoms with Gasteiger partial charge in [0, 0.05) is 23.2 Å². The summed E-state index contributed by atoms with van der Waals surface area (Å²) < 4.78 is 0. The molecule has 0 aliphatic carbocycles. The lowest BCUT2D eigenvalue weighted by Crippen LogP contribution is -2.36. The van der Waals surface area contributed by atoms with Gasteiger partial charge >= 0.3 is 0 Å². The summed E-state index contributed by atoms with van der Waals surface area (Å²) in [5, 5.41) is 5.31. The fourth-order valence-electron chi connectivity index (χ4n) is 2.23. The first kappa shape index (κ1) is 15.6. The van der Waals surface area contributed by atoms with E-state index in [9.17, 15) is 4.79 Å². The van der Waals surface area contributed by atoms with Crippen molar-refractivity contribution in [1.82, 2.24) is 4.90 Å². The lowest BCUT2D eigenvalue weighted by atomic mass is 10.1. The summed E-state index contributed by atoms with van der Waals surface area (Å²) in [6.07, 6.45) is 0. The van der Waals surface area contributed by atoms with Crippen molar-refractivity contribution in [2.24, 2.45) is 0 Å². The molecule has 21 heavy (non-hydrogen) atoms. The first-order valence-electron chi connectivity index (χ1n) is 7.29. The van der Waals surface area contributed by atoms with E-state index < -0.39 is 0 Å². The Morgan fingerprint density at radius 3 is 2.62 bits per heavy atom. The Labute approximate surface area is 130 Å². The molecule has 2 rings (SSSR count). The smallest absolute Gasteiger partial charge is 0.256 e. The first-order valence-corrected chi connectivity index (χ1v) is 8.17. The van der Waals surface area contributed by atoms with Crippen molar-refractivity contribution in [3.8, 4) is 0 Å². The predicted molar refractivity (Wildman–Crippen MR) is 89.9 cm³/mol. The van der Waals surface area contributed by atoms with Crippen LogP contribution in [0.3, 0.4) is 0 Å². The molecule has 0 spiro atoms. The summed E-state index contributed by atoms with van der Waals surface area (Å²) in [7, 11) is 0. The second kappa shape index (κ2) is 7.27. The fraction of sp³-hybridized carbons (Fsp3) is 0.353. The van der Waals surface area contributed by atoms with Gasteiger partial charge in [0.25, 0.3) is 5.91 Å². The van der Waals surface area contributed by atoms with E-state index in [2.05, 4.69) is 25.2 Å². The molecule has 1 amide bonds. The van der Waals surface area contributed by atoms with Crippen LogP contribution in [0.4, 0.5) is 5.69 Å². The minimum absolute atomic E-state index is 0.0787. The Balaban J connectivity index is 2.26. The normalized spacial score (nSPS) is 10.7. The number of anilines is 1. The summed E-state index contributed by atoms with van der Waals surface area (Å²) in [5.41, 5.74) is 1.64. The van der Waals surface area contributed by atoms with Gasteiger partial charge in [-0.3, -0.25) is 4.79 Å². The summed E-state index contributed by atoms with van der Waals surface area (Å²) in [6, 6.07) is 12.0. The molecule has 0 radical (unpaired) electrons. The number of amides is 1. The van der Waals surface area contributed by atoms with Crippen molar-refractivity contribution in [2.75, 3.05) is 11.9 Å². The van der Waals surface area contributed by atoms with Crippen LogP contribution in [-0.4, -0.2) is 23.4 Å². The zero-order valence-corrected chi connectivity index (χ0v) is 13.6. The van der Waals surface area contributed by atoms with E-state index in [0.29, 0.717) is 6.54 Å². The molecule has 0 fully saturated rings. The van der Waals surface area contributed by atoms with Gasteiger partial charge in [-0.05, 0) is 44.4 Å². The first-order chi connectivity index (χ1) is 10.1. The van der Waals surface area contributed by atoms with Crippen LogP contribution in [-0.2, 0) is 6.54 Å². The quantitative estimate of drug-likeness (QED) is 0.866. The van der Waals surface area contributed by atoms with E-state index in [-0.39, 0.29) is 11.9 Å². The third kappa shape index (κ3) is 3.85. The minimum Gasteiger partial charge on any atom is -0.385 e. The lowest BCUT2D eigenvalue weighted by Gasteiger charge is -2.27. The van der Waals surface area contributed by atoms with Gasteiger partial charge in [-0.15, -0.1) is 11.3 Å². The Hall–Kier alpha value is -1.81. The second-order valence-corrected chi connectivity index (χ2v) is 6.21. The highest BCUT2D eigenvalue weighted by Gasteiger charge is 2.21. The Morgan fingerprint density at radius 2 is 2.00 bits per heavy atom. The molecule has 0 saturated carbocycles. The van der Waals surface area contributed by atoms with Gasteiger partial charge in [0.05, 0.1) is 12.1 Å². The number of carbonyl (C=O) groups is 1. The van der Waals surface area contributed by atoms with Crippen molar-refractivity contribution in [1.29, 1.82) is 0 Å². The number of nitrogens with zero attached hydrogens (tertiary/aromatic N) is 1. The largest absolute Gasteiger partial charge is 0.385 e. The van der Waals surface area contributed by atoms with Crippen LogP contribution < -0.4 is 5.32 Å². The molecule has 112 valence electrons. The minimum atomic E-state index is 0.0787. The van der Waals surface area contributed by atoms with Gasteiger partial charge in [0.2, 0.25) is 0 Å². The number of nitrogens with one attached hydrogen (secondary N) is 1. The van der Waals surface area contributed by atoms with Crippen LogP contribution in [0.15, 0.2) is 41.8 Å². The van der Waals surface area contributed by atoms with Crippen molar-refractivity contribution < 1.29 is 4.79 Å². The van der Waals surface area contributed by atoms with Crippen LogP contribution in [0.1, 0.15) is 36.0 Å². The fourth-order valence-corrected chi connectivity index (χ4v) is 2.93. The van der Waals surface area contributed by atoms with Gasteiger partial charge in [-0.2, -0.15) is 0 Å². The number of para-hydroxylation sites is 1. The maximum Gasteiger partial charge on any atom is 0.256 e. The molecule has 0 aliphatic heterocycles. The Bertz CT molecular complexity index is 578. The highest BCUT2D eigenvalue weighted by atomic mass is 32.1. The molecule has 0 unspecified atom stereocenters. The van der Waals surface area contributed by atoms with Gasteiger partial charge in [0.15, 0.2) is 0 Å². The number of benzene rings is 1. The van der Waals surface area contributed by atoms with E-state index in [1.807, 2.05) is 47.5 Å². The second-order valence-electron chi connectivity index (χ2n) is 5.18. The zero-order valence-electron chi connectivity index (χ0n) is 12.8. The average Bonchev–Trinajstić information content (AvgIpc) is 2.98. The molecule has 2 aromatic rings. The van der Waals surface area contributed by atoms with Gasteiger partial charge in [-0.25, -0.2) is 0 Å². The summed E-state index contributed by atoms with van der Waals surface area (Å²) in [6.45, 7) is 7.61. The average molecular weight is 302 g/mol. The van der Waals surface area contributed by atoms with Crippen LogP contribution in [0, 0.1) is 0 Å². The van der Waals surface area contributed by atoms with Gasteiger partial charge in [-0.1, -0.05) is 18.2 Å². The predicted octanol–water partition coefficient (Wildman–Crippen LogP) is 4.23. The summed E-state index contributed by atoms with van der Waals surface area (Å²) in [4.78, 5) is 16.0. The van der Waals surface area contributed by atoms with Gasteiger partial charge < -0.3 is 10.2 Å². The maximum absolute atomic E-state index is 12.9. The molecule has 1 aromatic carbocycles. The Kier molecular flexibility index (Phi) is 5.39. The summed E-state index contributed by atoms with van der Waals surface area (Å²) >= 11 is 1.69. The topological polar surface area (TPSA) is 32.3 Å². The molecule has 4 heteroatoms. The zero-order chi connectivity index (χ0) is 15.2. The Morgan fingerprint density at radius 1 is 1.24 bits per heavy atom. The number of hydrogen-bond donors (Lipinski definition) is 1. The maximum atomic E-state index is 12.9. The number of carbonyl (C=O) groups excluding carboxylic acids is 1.